The van der Waals surface area contributed by atoms with Crippen molar-refractivity contribution >= 4 is 17.5 Å². The quantitative estimate of drug-likeness (QED) is 0.331. The van der Waals surface area contributed by atoms with Crippen LogP contribution in [0.25, 0.3) is 11.1 Å². The van der Waals surface area contributed by atoms with Gasteiger partial charge in [-0.2, -0.15) is 0 Å². The molecule has 11 heteroatoms. The Morgan fingerprint density at radius 1 is 1.17 bits per heavy atom. The first-order valence-electron chi connectivity index (χ1n) is 14.2. The van der Waals surface area contributed by atoms with Crippen LogP contribution in [0.15, 0.2) is 51.7 Å². The van der Waals surface area contributed by atoms with Crippen molar-refractivity contribution in [3.63, 3.8) is 0 Å². The second kappa shape index (κ2) is 10.1. The Morgan fingerprint density at radius 3 is 2.50 bits per heavy atom. The smallest absolute Gasteiger partial charge is 0.255 e. The van der Waals surface area contributed by atoms with Gasteiger partial charge in [-0.15, -0.1) is 0 Å². The Hall–Kier alpha value is -3.93. The molecule has 1 aromatic heterocycles. The summed E-state index contributed by atoms with van der Waals surface area (Å²) in [6.07, 6.45) is 6.57. The summed E-state index contributed by atoms with van der Waals surface area (Å²) < 4.78 is 5.35. The third kappa shape index (κ3) is 4.02. The fourth-order valence-corrected chi connectivity index (χ4v) is 7.53. The highest BCUT2D eigenvalue weighted by Gasteiger charge is 2.63. The van der Waals surface area contributed by atoms with Crippen LogP contribution < -0.4 is 5.73 Å². The number of amides is 1. The first-order chi connectivity index (χ1) is 20.0. The maximum atomic E-state index is 14.3. The molecule has 222 valence electrons. The van der Waals surface area contributed by atoms with Gasteiger partial charge in [0, 0.05) is 29.2 Å². The molecular formula is C31H35N3O8. The van der Waals surface area contributed by atoms with Crippen LogP contribution in [0.2, 0.25) is 0 Å². The van der Waals surface area contributed by atoms with E-state index >= 15 is 0 Å². The van der Waals surface area contributed by atoms with E-state index in [1.165, 1.54) is 11.2 Å². The average molecular weight is 578 g/mol. The van der Waals surface area contributed by atoms with E-state index in [1.54, 1.807) is 26.4 Å². The predicted octanol–water partition coefficient (Wildman–Crippen LogP) is 2.37. The summed E-state index contributed by atoms with van der Waals surface area (Å²) in [5.41, 5.74) is 4.36. The third-order valence-electron chi connectivity index (χ3n) is 9.48. The Labute approximate surface area is 242 Å². The molecule has 2 aromatic rings. The molecule has 42 heavy (non-hydrogen) atoms. The number of primary amides is 1. The van der Waals surface area contributed by atoms with Gasteiger partial charge in [0.2, 0.25) is 5.78 Å². The Kier molecular flexibility index (Phi) is 6.79. The molecule has 0 spiro atoms. The molecule has 6 N–H and O–H groups in total. The van der Waals surface area contributed by atoms with Crippen molar-refractivity contribution in [1.82, 2.24) is 9.80 Å². The van der Waals surface area contributed by atoms with Crippen molar-refractivity contribution < 1.29 is 39.2 Å². The molecule has 1 saturated heterocycles. The molecule has 3 aliphatic carbocycles. The normalized spacial score (nSPS) is 28.1. The van der Waals surface area contributed by atoms with Crippen molar-refractivity contribution in [2.75, 3.05) is 27.2 Å². The zero-order valence-electron chi connectivity index (χ0n) is 23.6. The number of allylic oxidation sites excluding steroid dienone is 1. The van der Waals surface area contributed by atoms with Crippen molar-refractivity contribution in [1.29, 1.82) is 0 Å². The number of hydrogen-bond acceptors (Lipinski definition) is 10. The number of fused-ring (bicyclic) bond motifs is 3. The number of aromatic hydroxyl groups is 1. The predicted molar refractivity (Wildman–Crippen MR) is 151 cm³/mol. The second-order valence-corrected chi connectivity index (χ2v) is 12.1. The number of aliphatic hydroxyl groups excluding tert-OH is 2. The fourth-order valence-electron chi connectivity index (χ4n) is 7.53. The number of nitrogens with zero attached hydrogens (tertiary/aromatic N) is 2. The summed E-state index contributed by atoms with van der Waals surface area (Å²) in [7, 11) is 3.21. The third-order valence-corrected chi connectivity index (χ3v) is 9.48. The molecule has 0 saturated carbocycles. The molecule has 0 radical (unpaired) electrons. The van der Waals surface area contributed by atoms with Gasteiger partial charge in [0.05, 0.1) is 24.1 Å². The van der Waals surface area contributed by atoms with Crippen LogP contribution in [0.4, 0.5) is 0 Å². The first-order valence-corrected chi connectivity index (χ1v) is 14.2. The maximum absolute atomic E-state index is 14.3. The van der Waals surface area contributed by atoms with E-state index in [4.69, 9.17) is 10.2 Å². The van der Waals surface area contributed by atoms with Crippen LogP contribution in [0.1, 0.15) is 47.2 Å². The van der Waals surface area contributed by atoms with Crippen molar-refractivity contribution in [3.05, 3.63) is 64.0 Å². The molecule has 0 bridgehead atoms. The van der Waals surface area contributed by atoms with Crippen LogP contribution in [0, 0.1) is 11.8 Å². The number of rotatable bonds is 5. The number of nitrogens with two attached hydrogens (primary N) is 1. The summed E-state index contributed by atoms with van der Waals surface area (Å²) >= 11 is 0. The molecule has 4 atom stereocenters. The van der Waals surface area contributed by atoms with E-state index in [9.17, 15) is 34.8 Å². The summed E-state index contributed by atoms with van der Waals surface area (Å²) in [4.78, 5) is 43.8. The molecular weight excluding hydrogens is 542 g/mol. The van der Waals surface area contributed by atoms with Gasteiger partial charge in [0.25, 0.3) is 5.91 Å². The number of aliphatic hydroxyl groups is 3. The average Bonchev–Trinajstić information content (AvgIpc) is 3.47. The highest BCUT2D eigenvalue weighted by atomic mass is 16.3. The SMILES string of the molecule is CN(C)[C@@H]1C(O)=C(C(N)=O)C(=O)[C@@]2(O)C(O)=C3C(=O)c4c(O)c(CN5CCCCC5)cc(-c5ccoc5)c4C[C@H]3C[C@@H]12. The molecule has 4 aliphatic rings. The molecule has 1 amide bonds. The molecule has 1 aliphatic heterocycles. The number of phenolic OH excluding ortho intramolecular Hbond substituents is 1. The van der Waals surface area contributed by atoms with Gasteiger partial charge in [-0.05, 0) is 82.0 Å². The van der Waals surface area contributed by atoms with Crippen LogP contribution >= 0.6 is 0 Å². The number of likely N-dealkylation sites (N-methyl/N-ethyl adjacent to an activating group) is 1. The number of benzene rings is 1. The molecule has 1 fully saturated rings. The lowest BCUT2D eigenvalue weighted by Gasteiger charge is -2.50. The van der Waals surface area contributed by atoms with E-state index in [0.29, 0.717) is 17.7 Å². The van der Waals surface area contributed by atoms with Crippen molar-refractivity contribution in [3.8, 4) is 16.9 Å². The van der Waals surface area contributed by atoms with Crippen LogP contribution in [0.3, 0.4) is 0 Å². The minimum atomic E-state index is -2.67. The Balaban J connectivity index is 1.53. The maximum Gasteiger partial charge on any atom is 0.255 e. The van der Waals surface area contributed by atoms with Gasteiger partial charge in [0.1, 0.15) is 22.8 Å². The minimum absolute atomic E-state index is 0.0153. The first kappa shape index (κ1) is 28.2. The van der Waals surface area contributed by atoms with E-state index in [1.807, 2.05) is 6.07 Å². The Morgan fingerprint density at radius 2 is 1.88 bits per heavy atom. The number of piperidine rings is 1. The van der Waals surface area contributed by atoms with Crippen LogP contribution in [-0.2, 0) is 22.6 Å². The lowest BCUT2D eigenvalue weighted by molar-refractivity contribution is -0.148. The number of phenols is 1. The van der Waals surface area contributed by atoms with E-state index in [0.717, 1.165) is 43.5 Å². The number of Topliss-reactive ketones (excluding diaryl/α,β-unsaturated/α-hetero) is 2. The molecule has 2 heterocycles. The molecule has 6 rings (SSSR count). The number of furan rings is 1. The van der Waals surface area contributed by atoms with Crippen molar-refractivity contribution in [2.45, 2.75) is 50.3 Å². The lowest BCUT2D eigenvalue weighted by atomic mass is 9.58. The highest BCUT2D eigenvalue weighted by molar-refractivity contribution is 6.25. The summed E-state index contributed by atoms with van der Waals surface area (Å²) in [6.45, 7) is 2.16. The van der Waals surface area contributed by atoms with Crippen molar-refractivity contribution in [2.24, 2.45) is 17.6 Å². The highest BCUT2D eigenvalue weighted by Crippen LogP contribution is 2.53. The Bertz CT molecular complexity index is 1550. The van der Waals surface area contributed by atoms with Gasteiger partial charge < -0.3 is 30.6 Å². The fraction of sp³-hybridized carbons (Fsp3) is 0.452. The van der Waals surface area contributed by atoms with Crippen LogP contribution in [-0.4, -0.2) is 86.5 Å². The monoisotopic (exact) mass is 577 g/mol. The van der Waals surface area contributed by atoms with E-state index in [-0.39, 0.29) is 29.7 Å². The van der Waals surface area contributed by atoms with Gasteiger partial charge >= 0.3 is 0 Å². The number of carbonyl (C=O) groups is 3. The topological polar surface area (TPSA) is 178 Å². The zero-order chi connectivity index (χ0) is 30.1. The van der Waals surface area contributed by atoms with Crippen LogP contribution in [0.5, 0.6) is 5.75 Å². The second-order valence-electron chi connectivity index (χ2n) is 12.1. The number of hydrogen-bond donors (Lipinski definition) is 5. The molecule has 1 aromatic carbocycles. The summed E-state index contributed by atoms with van der Waals surface area (Å²) in [6, 6.07) is 2.62. The molecule has 0 unspecified atom stereocenters. The van der Waals surface area contributed by atoms with Gasteiger partial charge in [-0.3, -0.25) is 24.2 Å². The number of carbonyl (C=O) groups excluding carboxylic acids is 3. The number of ketones is 2. The van der Waals surface area contributed by atoms with E-state index < -0.39 is 58.0 Å². The largest absolute Gasteiger partial charge is 0.510 e. The van der Waals surface area contributed by atoms with Gasteiger partial charge in [0.15, 0.2) is 11.4 Å². The van der Waals surface area contributed by atoms with Gasteiger partial charge in [-0.1, -0.05) is 6.42 Å². The van der Waals surface area contributed by atoms with E-state index in [2.05, 4.69) is 4.90 Å². The minimum Gasteiger partial charge on any atom is -0.510 e. The van der Waals surface area contributed by atoms with Gasteiger partial charge in [-0.25, -0.2) is 0 Å². The number of likely N-dealkylation sites (tertiary alicyclic amines) is 1. The standard InChI is InChI=1S/C31H35N3O8/c1-33(2)24-20-12-16-10-19-18(15-6-9-42-14-15)11-17(13-34-7-4-3-5-8-34)25(35)22(19)26(36)21(16)28(38)31(20,41)29(39)23(27(24)37)30(32)40/h6,9,11,14,16,20,24,35,37-38,41H,3-5,7-8,10,12-13H2,1-2H3,(H2,32,40)/t16-,20-,24-,31-/m0/s1. The summed E-state index contributed by atoms with van der Waals surface area (Å²) in [5, 5.41) is 45.9. The summed E-state index contributed by atoms with van der Waals surface area (Å²) in [5.74, 6) is -6.57. The zero-order valence-corrected chi connectivity index (χ0v) is 23.6. The lowest BCUT2D eigenvalue weighted by Crippen LogP contribution is -2.63. The molecule has 11 nitrogen and oxygen atoms in total.